The molecule has 3 amide bonds. The van der Waals surface area contributed by atoms with Gasteiger partial charge in [0.15, 0.2) is 4.34 Å². The summed E-state index contributed by atoms with van der Waals surface area (Å²) in [6.45, 7) is 1.84. The average molecular weight is 475 g/mol. The number of aryl methyl sites for hydroxylation is 1. The number of benzene rings is 1. The van der Waals surface area contributed by atoms with Crippen molar-refractivity contribution >= 4 is 58.6 Å². The Hall–Kier alpha value is -2.70. The summed E-state index contributed by atoms with van der Waals surface area (Å²) in [7, 11) is 0. The molecular formula is C19H14N4O5S3. The number of rotatable bonds is 5. The smallest absolute Gasteiger partial charge is 0.352 e. The van der Waals surface area contributed by atoms with E-state index in [4.69, 9.17) is 0 Å². The summed E-state index contributed by atoms with van der Waals surface area (Å²) >= 11 is 4.14. The molecule has 1 saturated heterocycles. The van der Waals surface area contributed by atoms with Gasteiger partial charge in [0.1, 0.15) is 22.1 Å². The maximum Gasteiger partial charge on any atom is 0.352 e. The summed E-state index contributed by atoms with van der Waals surface area (Å²) in [5.41, 5.74) is 1.05. The number of amides is 3. The molecule has 9 nitrogen and oxygen atoms in total. The van der Waals surface area contributed by atoms with E-state index < -0.39 is 35.1 Å². The number of carbonyl (C=O) groups is 4. The molecule has 0 aliphatic carbocycles. The minimum atomic E-state index is -1.21. The zero-order valence-corrected chi connectivity index (χ0v) is 18.4. The van der Waals surface area contributed by atoms with Crippen molar-refractivity contribution in [3.63, 3.8) is 0 Å². The molecule has 1 N–H and O–H groups in total. The first-order chi connectivity index (χ1) is 14.9. The summed E-state index contributed by atoms with van der Waals surface area (Å²) in [5.74, 6) is -2.07. The van der Waals surface area contributed by atoms with Crippen LogP contribution in [-0.2, 0) is 9.59 Å². The maximum atomic E-state index is 13.0. The molecule has 1 aromatic carbocycles. The van der Waals surface area contributed by atoms with Crippen LogP contribution in [0.25, 0.3) is 0 Å². The molecule has 158 valence electrons. The number of hydrogen-bond donors (Lipinski definition) is 1. The standard InChI is InChI=1S/C19H14N4O5S3/c1-8-20-21-19(31-8)30-7-9-6-29-17-13(16(26)23(17)12(9)18(27)28)22-14(24)10-4-2-3-5-11(10)15(22)25/h2-5,13,17H,6-7H2,1H3,(H,27,28)/t13?,17-/m1/s1. The first kappa shape index (κ1) is 20.2. The number of aliphatic carboxylic acids is 1. The van der Waals surface area contributed by atoms with Gasteiger partial charge in [0, 0.05) is 11.5 Å². The Kier molecular flexibility index (Phi) is 4.87. The van der Waals surface area contributed by atoms with E-state index in [2.05, 4.69) is 10.2 Å². The first-order valence-corrected chi connectivity index (χ1v) is 12.0. The molecule has 3 aliphatic heterocycles. The van der Waals surface area contributed by atoms with Gasteiger partial charge in [0.05, 0.1) is 11.1 Å². The van der Waals surface area contributed by atoms with Crippen molar-refractivity contribution in [1.82, 2.24) is 20.0 Å². The van der Waals surface area contributed by atoms with E-state index in [9.17, 15) is 24.3 Å². The number of thioether (sulfide) groups is 2. The fraction of sp³-hybridized carbons (Fsp3) is 0.263. The molecule has 1 aromatic heterocycles. The van der Waals surface area contributed by atoms with Gasteiger partial charge in [-0.05, 0) is 24.6 Å². The third kappa shape index (κ3) is 3.08. The van der Waals surface area contributed by atoms with Gasteiger partial charge in [-0.1, -0.05) is 35.2 Å². The highest BCUT2D eigenvalue weighted by molar-refractivity contribution is 8.01. The molecule has 2 aromatic rings. The lowest BCUT2D eigenvalue weighted by molar-refractivity contribution is -0.151. The van der Waals surface area contributed by atoms with Gasteiger partial charge in [-0.25, -0.2) is 4.79 Å². The van der Waals surface area contributed by atoms with Crippen LogP contribution in [0.2, 0.25) is 0 Å². The quantitative estimate of drug-likeness (QED) is 0.393. The van der Waals surface area contributed by atoms with Crippen LogP contribution in [0.4, 0.5) is 0 Å². The molecule has 1 fully saturated rings. The van der Waals surface area contributed by atoms with E-state index in [1.807, 2.05) is 6.92 Å². The largest absolute Gasteiger partial charge is 0.477 e. The minimum Gasteiger partial charge on any atom is -0.477 e. The third-order valence-corrected chi connectivity index (χ3v) is 8.59. The van der Waals surface area contributed by atoms with E-state index in [1.54, 1.807) is 24.3 Å². The van der Waals surface area contributed by atoms with E-state index in [0.29, 0.717) is 17.1 Å². The molecule has 4 heterocycles. The predicted molar refractivity (Wildman–Crippen MR) is 114 cm³/mol. The number of fused-ring (bicyclic) bond motifs is 2. The molecule has 1 unspecified atom stereocenters. The topological polar surface area (TPSA) is 121 Å². The minimum absolute atomic E-state index is 0.0738. The first-order valence-electron chi connectivity index (χ1n) is 9.18. The molecule has 31 heavy (non-hydrogen) atoms. The fourth-order valence-electron chi connectivity index (χ4n) is 3.83. The number of nitrogens with zero attached hydrogens (tertiary/aromatic N) is 4. The van der Waals surface area contributed by atoms with E-state index in [1.165, 1.54) is 39.8 Å². The van der Waals surface area contributed by atoms with Crippen molar-refractivity contribution in [3.8, 4) is 0 Å². The molecule has 0 bridgehead atoms. The number of carbonyl (C=O) groups excluding carboxylic acids is 3. The van der Waals surface area contributed by atoms with Crippen LogP contribution in [-0.4, -0.2) is 71.7 Å². The Morgan fingerprint density at radius 2 is 1.84 bits per heavy atom. The van der Waals surface area contributed by atoms with E-state index in [-0.39, 0.29) is 16.8 Å². The summed E-state index contributed by atoms with van der Waals surface area (Å²) in [6, 6.07) is 5.42. The van der Waals surface area contributed by atoms with Gasteiger partial charge in [-0.2, -0.15) is 0 Å². The lowest BCUT2D eigenvalue weighted by Gasteiger charge is -2.51. The van der Waals surface area contributed by atoms with Crippen LogP contribution >= 0.6 is 34.9 Å². The Labute approximate surface area is 188 Å². The van der Waals surface area contributed by atoms with Gasteiger partial charge >= 0.3 is 5.97 Å². The summed E-state index contributed by atoms with van der Waals surface area (Å²) < 4.78 is 0.723. The highest BCUT2D eigenvalue weighted by Crippen LogP contribution is 2.45. The van der Waals surface area contributed by atoms with E-state index >= 15 is 0 Å². The fourth-order valence-corrected chi connectivity index (χ4v) is 7.17. The second kappa shape index (κ2) is 7.46. The van der Waals surface area contributed by atoms with Crippen molar-refractivity contribution < 1.29 is 24.3 Å². The normalized spacial score (nSPS) is 22.5. The predicted octanol–water partition coefficient (Wildman–Crippen LogP) is 1.86. The van der Waals surface area contributed by atoms with Crippen LogP contribution in [0.3, 0.4) is 0 Å². The number of carboxylic acid groups (broad SMARTS) is 1. The number of imide groups is 1. The third-order valence-electron chi connectivity index (χ3n) is 5.20. The maximum absolute atomic E-state index is 13.0. The monoisotopic (exact) mass is 474 g/mol. The second-order valence-corrected chi connectivity index (χ2v) is 10.5. The van der Waals surface area contributed by atoms with Crippen molar-refractivity contribution in [2.75, 3.05) is 11.5 Å². The van der Waals surface area contributed by atoms with Gasteiger partial charge in [-0.3, -0.25) is 24.2 Å². The number of hydrogen-bond acceptors (Lipinski definition) is 9. The highest BCUT2D eigenvalue weighted by Gasteiger charge is 2.59. The number of carboxylic acids is 1. The lowest BCUT2D eigenvalue weighted by Crippen LogP contribution is -2.71. The van der Waals surface area contributed by atoms with Crippen LogP contribution in [0.15, 0.2) is 39.9 Å². The molecular weight excluding hydrogens is 460 g/mol. The number of aromatic nitrogens is 2. The molecule has 3 aliphatic rings. The molecule has 2 atom stereocenters. The Balaban J connectivity index is 1.40. The average Bonchev–Trinajstić information content (AvgIpc) is 3.28. The second-order valence-electron chi connectivity index (χ2n) is 7.01. The Bertz CT molecular complexity index is 1160. The number of β-lactam (4-membered cyclic amide) rings is 1. The van der Waals surface area contributed by atoms with Gasteiger partial charge < -0.3 is 5.11 Å². The molecule has 0 radical (unpaired) electrons. The van der Waals surface area contributed by atoms with Crippen molar-refractivity contribution in [2.45, 2.75) is 22.7 Å². The SMILES string of the molecule is Cc1nnc(SCC2=C(C(=O)O)N3C(=O)C(N4C(=O)c5ccccc5C4=O)[C@H]3SC2)s1. The Morgan fingerprint density at radius 1 is 1.16 bits per heavy atom. The molecule has 12 heteroatoms. The zero-order valence-electron chi connectivity index (χ0n) is 16.0. The zero-order chi connectivity index (χ0) is 21.9. The molecule has 0 spiro atoms. The van der Waals surface area contributed by atoms with Gasteiger partial charge in [0.2, 0.25) is 0 Å². The van der Waals surface area contributed by atoms with E-state index in [0.717, 1.165) is 14.2 Å². The summed E-state index contributed by atoms with van der Waals surface area (Å²) in [4.78, 5) is 52.8. The van der Waals surface area contributed by atoms with Crippen LogP contribution in [0.5, 0.6) is 0 Å². The van der Waals surface area contributed by atoms with Crippen molar-refractivity contribution in [3.05, 3.63) is 51.7 Å². The van der Waals surface area contributed by atoms with Crippen LogP contribution in [0.1, 0.15) is 25.7 Å². The van der Waals surface area contributed by atoms with Crippen molar-refractivity contribution in [1.29, 1.82) is 0 Å². The highest BCUT2D eigenvalue weighted by atomic mass is 32.2. The van der Waals surface area contributed by atoms with Gasteiger partial charge in [-0.15, -0.1) is 22.0 Å². The summed E-state index contributed by atoms with van der Waals surface area (Å²) in [6.07, 6.45) is 0. The van der Waals surface area contributed by atoms with Crippen molar-refractivity contribution in [2.24, 2.45) is 0 Å². The van der Waals surface area contributed by atoms with Gasteiger partial charge in [0.25, 0.3) is 17.7 Å². The molecule has 5 rings (SSSR count). The summed E-state index contributed by atoms with van der Waals surface area (Å²) in [5, 5.41) is 18.0. The molecule has 0 saturated carbocycles. The van der Waals surface area contributed by atoms with Crippen LogP contribution < -0.4 is 0 Å². The lowest BCUT2D eigenvalue weighted by atomic mass is 10.0. The Morgan fingerprint density at radius 3 is 2.42 bits per heavy atom. The van der Waals surface area contributed by atoms with Crippen LogP contribution in [0, 0.1) is 6.92 Å².